The van der Waals surface area contributed by atoms with Crippen molar-refractivity contribution in [2.45, 2.75) is 37.3 Å². The second-order valence-electron chi connectivity index (χ2n) is 5.65. The lowest BCUT2D eigenvalue weighted by atomic mass is 9.84. The molecular weight excluding hydrogens is 315 g/mol. The number of alkyl halides is 3. The molecule has 3 rings (SSSR count). The number of hydroxylamine groups is 2. The Morgan fingerprint density at radius 1 is 0.957 bits per heavy atom. The molecule has 0 spiro atoms. The van der Waals surface area contributed by atoms with Gasteiger partial charge in [-0.15, -0.1) is 0 Å². The van der Waals surface area contributed by atoms with Crippen LogP contribution in [-0.4, -0.2) is 34.4 Å². The van der Waals surface area contributed by atoms with Crippen LogP contribution in [0.1, 0.15) is 46.4 Å². The van der Waals surface area contributed by atoms with Gasteiger partial charge in [-0.05, 0) is 25.0 Å². The van der Waals surface area contributed by atoms with Gasteiger partial charge in [0.2, 0.25) is 11.6 Å². The van der Waals surface area contributed by atoms with Crippen LogP contribution in [0, 0.1) is 0 Å². The zero-order chi connectivity index (χ0) is 16.8. The minimum Gasteiger partial charge on any atom is -0.326 e. The van der Waals surface area contributed by atoms with Crippen molar-refractivity contribution in [1.29, 1.82) is 0 Å². The summed E-state index contributed by atoms with van der Waals surface area (Å²) in [6.45, 7) is 0. The topological polar surface area (TPSA) is 63.7 Å². The molecule has 1 aliphatic heterocycles. The van der Waals surface area contributed by atoms with Gasteiger partial charge in [0.05, 0.1) is 11.1 Å². The van der Waals surface area contributed by atoms with Crippen LogP contribution in [0.25, 0.3) is 0 Å². The molecule has 0 atom stereocenters. The van der Waals surface area contributed by atoms with Crippen LogP contribution in [0.5, 0.6) is 0 Å². The predicted molar refractivity (Wildman–Crippen MR) is 70.3 cm³/mol. The molecule has 0 aromatic heterocycles. The first-order chi connectivity index (χ1) is 10.7. The molecule has 0 N–H and O–H groups in total. The highest BCUT2D eigenvalue weighted by molar-refractivity contribution is 6.20. The molecule has 23 heavy (non-hydrogen) atoms. The lowest BCUT2D eigenvalue weighted by molar-refractivity contribution is -0.189. The zero-order valence-electron chi connectivity index (χ0n) is 11.9. The SMILES string of the molecule is O=C1c2ccccc2C(=O)N1OC(=O)C1(F)CCC(F)(F)CC1. The van der Waals surface area contributed by atoms with Crippen LogP contribution in [-0.2, 0) is 9.63 Å². The highest BCUT2D eigenvalue weighted by Crippen LogP contribution is 2.41. The summed E-state index contributed by atoms with van der Waals surface area (Å²) < 4.78 is 40.7. The minimum atomic E-state index is -3.02. The monoisotopic (exact) mass is 327 g/mol. The van der Waals surface area contributed by atoms with Crippen molar-refractivity contribution in [2.75, 3.05) is 0 Å². The van der Waals surface area contributed by atoms with E-state index < -0.39 is 55.1 Å². The van der Waals surface area contributed by atoms with E-state index in [0.29, 0.717) is 0 Å². The van der Waals surface area contributed by atoms with Gasteiger partial charge in [-0.1, -0.05) is 17.2 Å². The van der Waals surface area contributed by atoms with Crippen LogP contribution in [0.2, 0.25) is 0 Å². The number of hydrogen-bond acceptors (Lipinski definition) is 4. The maximum atomic E-state index is 14.5. The summed E-state index contributed by atoms with van der Waals surface area (Å²) in [6.07, 6.45) is -3.02. The van der Waals surface area contributed by atoms with Gasteiger partial charge in [-0.2, -0.15) is 0 Å². The summed E-state index contributed by atoms with van der Waals surface area (Å²) in [5, 5.41) is 0.182. The number of amides is 2. The van der Waals surface area contributed by atoms with E-state index in [9.17, 15) is 27.6 Å². The van der Waals surface area contributed by atoms with Gasteiger partial charge in [-0.25, -0.2) is 18.0 Å². The molecular formula is C15H12F3NO4. The summed E-state index contributed by atoms with van der Waals surface area (Å²) in [5.41, 5.74) is -2.56. The molecule has 1 saturated carbocycles. The number of imide groups is 1. The Kier molecular flexibility index (Phi) is 3.42. The Balaban J connectivity index is 1.75. The fourth-order valence-electron chi connectivity index (χ4n) is 2.63. The third kappa shape index (κ3) is 2.58. The van der Waals surface area contributed by atoms with Gasteiger partial charge in [0, 0.05) is 12.8 Å². The molecule has 122 valence electrons. The van der Waals surface area contributed by atoms with Crippen molar-refractivity contribution >= 4 is 17.8 Å². The van der Waals surface area contributed by atoms with Crippen molar-refractivity contribution in [2.24, 2.45) is 0 Å². The third-order valence-corrected chi connectivity index (χ3v) is 4.07. The molecule has 0 bridgehead atoms. The molecule has 1 aromatic rings. The van der Waals surface area contributed by atoms with Crippen molar-refractivity contribution in [3.05, 3.63) is 35.4 Å². The molecule has 8 heteroatoms. The Morgan fingerprint density at radius 3 is 1.91 bits per heavy atom. The van der Waals surface area contributed by atoms with E-state index in [1.807, 2.05) is 0 Å². The first-order valence-corrected chi connectivity index (χ1v) is 7.00. The number of halogens is 3. The number of benzene rings is 1. The largest absolute Gasteiger partial charge is 0.370 e. The van der Waals surface area contributed by atoms with Gasteiger partial charge in [0.15, 0.2) is 0 Å². The van der Waals surface area contributed by atoms with Gasteiger partial charge in [0.1, 0.15) is 0 Å². The van der Waals surface area contributed by atoms with Crippen molar-refractivity contribution in [3.63, 3.8) is 0 Å². The first-order valence-electron chi connectivity index (χ1n) is 7.00. The third-order valence-electron chi connectivity index (χ3n) is 4.07. The number of nitrogens with zero attached hydrogens (tertiary/aromatic N) is 1. The molecule has 0 radical (unpaired) electrons. The van der Waals surface area contributed by atoms with Gasteiger partial charge < -0.3 is 4.84 Å². The van der Waals surface area contributed by atoms with Crippen LogP contribution in [0.3, 0.4) is 0 Å². The number of carbonyl (C=O) groups is 3. The molecule has 2 aliphatic rings. The highest BCUT2D eigenvalue weighted by atomic mass is 19.3. The van der Waals surface area contributed by atoms with Crippen LogP contribution < -0.4 is 0 Å². The second-order valence-corrected chi connectivity index (χ2v) is 5.65. The molecule has 0 unspecified atom stereocenters. The Bertz CT molecular complexity index is 659. The van der Waals surface area contributed by atoms with E-state index >= 15 is 0 Å². The summed E-state index contributed by atoms with van der Waals surface area (Å²) in [6, 6.07) is 5.79. The van der Waals surface area contributed by atoms with Crippen molar-refractivity contribution in [3.8, 4) is 0 Å². The normalized spacial score (nSPS) is 22.0. The van der Waals surface area contributed by atoms with E-state index in [2.05, 4.69) is 4.84 Å². The summed E-state index contributed by atoms with van der Waals surface area (Å²) in [7, 11) is 0. The van der Waals surface area contributed by atoms with Crippen molar-refractivity contribution in [1.82, 2.24) is 5.06 Å². The average molecular weight is 327 g/mol. The van der Waals surface area contributed by atoms with Gasteiger partial charge in [0.25, 0.3) is 11.8 Å². The Labute approximate surface area is 129 Å². The Morgan fingerprint density at radius 2 is 1.43 bits per heavy atom. The fourth-order valence-corrected chi connectivity index (χ4v) is 2.63. The number of rotatable bonds is 2. The summed E-state index contributed by atoms with van der Waals surface area (Å²) >= 11 is 0. The molecule has 5 nitrogen and oxygen atoms in total. The highest BCUT2D eigenvalue weighted by Gasteiger charge is 2.51. The molecule has 2 amide bonds. The number of fused-ring (bicyclic) bond motifs is 1. The molecule has 1 aliphatic carbocycles. The standard InChI is InChI=1S/C15H12F3NO4/c16-14(5-7-15(17,18)8-6-14)13(22)23-19-11(20)9-3-1-2-4-10(9)12(19)21/h1-4H,5-8H2. The molecule has 1 aromatic carbocycles. The van der Waals surface area contributed by atoms with Crippen molar-refractivity contribution < 1.29 is 32.4 Å². The Hall–Kier alpha value is -2.38. The zero-order valence-corrected chi connectivity index (χ0v) is 11.9. The summed E-state index contributed by atoms with van der Waals surface area (Å²) in [5.74, 6) is -6.29. The smallest absolute Gasteiger partial charge is 0.326 e. The maximum Gasteiger partial charge on any atom is 0.370 e. The van der Waals surface area contributed by atoms with E-state index in [1.165, 1.54) is 24.3 Å². The number of carbonyl (C=O) groups excluding carboxylic acids is 3. The molecule has 0 saturated heterocycles. The van der Waals surface area contributed by atoms with E-state index in [-0.39, 0.29) is 16.2 Å². The minimum absolute atomic E-state index is 0.0355. The number of hydrogen-bond donors (Lipinski definition) is 0. The van der Waals surface area contributed by atoms with Crippen LogP contribution in [0.4, 0.5) is 13.2 Å². The molecule has 1 fully saturated rings. The second kappa shape index (κ2) is 5.07. The fraction of sp³-hybridized carbons (Fsp3) is 0.400. The quantitative estimate of drug-likeness (QED) is 0.784. The van der Waals surface area contributed by atoms with E-state index in [1.54, 1.807) is 0 Å². The lowest BCUT2D eigenvalue weighted by Crippen LogP contribution is -2.46. The first kappa shape index (κ1) is 15.5. The predicted octanol–water partition coefficient (Wildman–Crippen LogP) is 2.66. The van der Waals surface area contributed by atoms with E-state index in [0.717, 1.165) is 0 Å². The summed E-state index contributed by atoms with van der Waals surface area (Å²) in [4.78, 5) is 40.6. The molecule has 1 heterocycles. The van der Waals surface area contributed by atoms with Crippen LogP contribution in [0.15, 0.2) is 24.3 Å². The maximum absolute atomic E-state index is 14.5. The van der Waals surface area contributed by atoms with Crippen LogP contribution >= 0.6 is 0 Å². The van der Waals surface area contributed by atoms with Gasteiger partial charge >= 0.3 is 5.97 Å². The van der Waals surface area contributed by atoms with E-state index in [4.69, 9.17) is 0 Å². The van der Waals surface area contributed by atoms with Gasteiger partial charge in [-0.3, -0.25) is 9.59 Å². The average Bonchev–Trinajstić information content (AvgIpc) is 2.76. The lowest BCUT2D eigenvalue weighted by Gasteiger charge is -2.32.